The molecule has 0 amide bonds. The number of thiophene rings is 1. The molecule has 6 nitrogen and oxygen atoms in total. The first-order chi connectivity index (χ1) is 26.7. The van der Waals surface area contributed by atoms with Crippen molar-refractivity contribution in [2.75, 3.05) is 4.90 Å². The van der Waals surface area contributed by atoms with Gasteiger partial charge in [0.15, 0.2) is 11.2 Å². The van der Waals surface area contributed by atoms with E-state index in [2.05, 4.69) is 126 Å². The van der Waals surface area contributed by atoms with Crippen LogP contribution in [0.4, 0.5) is 17.1 Å². The zero-order chi connectivity index (χ0) is 35.6. The summed E-state index contributed by atoms with van der Waals surface area (Å²) in [4.78, 5) is 17.9. The van der Waals surface area contributed by atoms with E-state index in [4.69, 9.17) is 23.8 Å². The number of para-hydroxylation sites is 5. The van der Waals surface area contributed by atoms with Gasteiger partial charge in [-0.15, -0.1) is 11.3 Å². The maximum atomic E-state index is 6.09. The van der Waals surface area contributed by atoms with Gasteiger partial charge in [0.2, 0.25) is 11.8 Å². The number of benzene rings is 7. The Kier molecular flexibility index (Phi) is 6.93. The summed E-state index contributed by atoms with van der Waals surface area (Å²) in [6.07, 6.45) is 0. The van der Waals surface area contributed by atoms with Gasteiger partial charge < -0.3 is 13.7 Å². The molecule has 0 N–H and O–H groups in total. The van der Waals surface area contributed by atoms with Gasteiger partial charge in [-0.3, -0.25) is 0 Å². The van der Waals surface area contributed by atoms with Crippen molar-refractivity contribution in [3.8, 4) is 34.0 Å². The summed E-state index contributed by atoms with van der Waals surface area (Å²) in [6.45, 7) is 0. The van der Waals surface area contributed by atoms with Crippen LogP contribution in [-0.4, -0.2) is 15.0 Å². The summed E-state index contributed by atoms with van der Waals surface area (Å²) in [5.74, 6) is 1.19. The average Bonchev–Trinajstić information content (AvgIpc) is 3.96. The number of pyridine rings is 1. The molecule has 0 atom stereocenters. The Morgan fingerprint density at radius 3 is 1.43 bits per heavy atom. The van der Waals surface area contributed by atoms with E-state index < -0.39 is 0 Å². The molecule has 11 rings (SSSR count). The van der Waals surface area contributed by atoms with Crippen LogP contribution in [0, 0.1) is 0 Å². The molecule has 0 aliphatic rings. The highest BCUT2D eigenvalue weighted by Crippen LogP contribution is 2.44. The van der Waals surface area contributed by atoms with Crippen molar-refractivity contribution in [3.05, 3.63) is 170 Å². The maximum absolute atomic E-state index is 6.09. The van der Waals surface area contributed by atoms with E-state index in [1.165, 1.54) is 21.0 Å². The fourth-order valence-corrected chi connectivity index (χ4v) is 8.49. The number of aromatic nitrogens is 3. The first-order valence-corrected chi connectivity index (χ1v) is 18.6. The number of hydrogen-bond acceptors (Lipinski definition) is 7. The third kappa shape index (κ3) is 5.05. The number of oxazole rings is 2. The summed E-state index contributed by atoms with van der Waals surface area (Å²) in [5, 5.41) is 3.57. The summed E-state index contributed by atoms with van der Waals surface area (Å²) in [6, 6.07) is 58.3. The van der Waals surface area contributed by atoms with Crippen molar-refractivity contribution in [2.45, 2.75) is 0 Å². The molecule has 7 heteroatoms. The summed E-state index contributed by atoms with van der Waals surface area (Å²) in [5.41, 5.74) is 11.4. The standard InChI is InChI=1S/C47H28N4O2S/c1-3-11-37-35(9-1)43(44-36-10-2-8-16-42(36)54-47(44)50-37)29-17-23-32(24-18-29)51(33-25-19-30(20-26-33)45-48-38-12-4-6-14-40(38)52-45)34-27-21-31(22-28-34)46-49-39-13-5-7-15-41(39)53-46/h1-28H. The second-order valence-corrected chi connectivity index (χ2v) is 14.3. The lowest BCUT2D eigenvalue weighted by Gasteiger charge is -2.26. The molecule has 7 aromatic carbocycles. The molecule has 0 radical (unpaired) electrons. The minimum absolute atomic E-state index is 0.596. The Bertz CT molecular complexity index is 2980. The molecule has 11 aromatic rings. The molecule has 54 heavy (non-hydrogen) atoms. The minimum Gasteiger partial charge on any atom is -0.436 e. The normalized spacial score (nSPS) is 11.7. The fraction of sp³-hybridized carbons (Fsp3) is 0. The Morgan fingerprint density at radius 1 is 0.407 bits per heavy atom. The molecule has 254 valence electrons. The number of rotatable bonds is 6. The van der Waals surface area contributed by atoms with Gasteiger partial charge in [0.05, 0.1) is 5.52 Å². The smallest absolute Gasteiger partial charge is 0.227 e. The molecule has 4 heterocycles. The van der Waals surface area contributed by atoms with Gasteiger partial charge >= 0.3 is 0 Å². The van der Waals surface area contributed by atoms with E-state index >= 15 is 0 Å². The molecular weight excluding hydrogens is 685 g/mol. The molecule has 0 aliphatic carbocycles. The van der Waals surface area contributed by atoms with Gasteiger partial charge in [-0.25, -0.2) is 15.0 Å². The monoisotopic (exact) mass is 712 g/mol. The average molecular weight is 713 g/mol. The molecular formula is C47H28N4O2S. The zero-order valence-electron chi connectivity index (χ0n) is 28.7. The highest BCUT2D eigenvalue weighted by Gasteiger charge is 2.19. The van der Waals surface area contributed by atoms with Gasteiger partial charge in [0, 0.05) is 54.6 Å². The quantitative estimate of drug-likeness (QED) is 0.171. The largest absolute Gasteiger partial charge is 0.436 e. The lowest BCUT2D eigenvalue weighted by atomic mass is 9.96. The Morgan fingerprint density at radius 2 is 0.870 bits per heavy atom. The van der Waals surface area contributed by atoms with Gasteiger partial charge in [-0.2, -0.15) is 0 Å². The second-order valence-electron chi connectivity index (χ2n) is 13.2. The zero-order valence-corrected chi connectivity index (χ0v) is 29.5. The van der Waals surface area contributed by atoms with Crippen LogP contribution in [0.1, 0.15) is 0 Å². The first-order valence-electron chi connectivity index (χ1n) is 17.8. The van der Waals surface area contributed by atoms with Gasteiger partial charge in [-0.05, 0) is 103 Å². The molecule has 0 saturated carbocycles. The Hall–Kier alpha value is -7.09. The number of fused-ring (bicyclic) bond motifs is 6. The molecule has 4 aromatic heterocycles. The summed E-state index contributed by atoms with van der Waals surface area (Å²) < 4.78 is 13.4. The van der Waals surface area contributed by atoms with Crippen LogP contribution < -0.4 is 4.90 Å². The molecule has 0 spiro atoms. The Labute approximate surface area is 313 Å². The first kappa shape index (κ1) is 30.5. The number of anilines is 3. The second kappa shape index (κ2) is 12.3. The molecule has 0 bridgehead atoms. The van der Waals surface area contributed by atoms with Crippen molar-refractivity contribution in [3.63, 3.8) is 0 Å². The third-order valence-corrected chi connectivity index (χ3v) is 11.0. The van der Waals surface area contributed by atoms with Crippen molar-refractivity contribution < 1.29 is 8.83 Å². The predicted octanol–water partition coefficient (Wildman–Crippen LogP) is 13.4. The van der Waals surface area contributed by atoms with E-state index in [9.17, 15) is 0 Å². The maximum Gasteiger partial charge on any atom is 0.227 e. The SMILES string of the molecule is c1ccc2oc(-c3ccc(N(c4ccc(-c5nc6ccccc6o5)cc4)c4ccc(-c5c6ccccc6nc6sc7ccccc7c56)cc4)cc3)nc2c1. The van der Waals surface area contributed by atoms with E-state index in [1.807, 2.05) is 48.5 Å². The van der Waals surface area contributed by atoms with E-state index in [0.29, 0.717) is 11.8 Å². The fourth-order valence-electron chi connectivity index (χ4n) is 7.40. The number of nitrogens with zero attached hydrogens (tertiary/aromatic N) is 4. The highest BCUT2D eigenvalue weighted by molar-refractivity contribution is 7.25. The van der Waals surface area contributed by atoms with E-state index in [1.54, 1.807) is 11.3 Å². The van der Waals surface area contributed by atoms with Gasteiger partial charge in [0.1, 0.15) is 15.9 Å². The number of hydrogen-bond donors (Lipinski definition) is 0. The molecule has 0 aliphatic heterocycles. The van der Waals surface area contributed by atoms with Crippen LogP contribution in [0.25, 0.3) is 87.4 Å². The van der Waals surface area contributed by atoms with Crippen LogP contribution in [0.5, 0.6) is 0 Å². The van der Waals surface area contributed by atoms with Crippen LogP contribution in [0.3, 0.4) is 0 Å². The Balaban J connectivity index is 1.03. The van der Waals surface area contributed by atoms with E-state index in [0.717, 1.165) is 71.7 Å². The predicted molar refractivity (Wildman–Crippen MR) is 221 cm³/mol. The lowest BCUT2D eigenvalue weighted by molar-refractivity contribution is 0.619. The topological polar surface area (TPSA) is 68.2 Å². The van der Waals surface area contributed by atoms with E-state index in [-0.39, 0.29) is 0 Å². The molecule has 0 unspecified atom stereocenters. The van der Waals surface area contributed by atoms with Crippen molar-refractivity contribution >= 4 is 81.8 Å². The van der Waals surface area contributed by atoms with Crippen LogP contribution in [0.2, 0.25) is 0 Å². The molecule has 0 saturated heterocycles. The molecule has 0 fully saturated rings. The van der Waals surface area contributed by atoms with Crippen molar-refractivity contribution in [1.29, 1.82) is 0 Å². The van der Waals surface area contributed by atoms with Gasteiger partial charge in [0.25, 0.3) is 0 Å². The lowest BCUT2D eigenvalue weighted by Crippen LogP contribution is -2.09. The minimum atomic E-state index is 0.596. The summed E-state index contributed by atoms with van der Waals surface area (Å²) >= 11 is 1.75. The van der Waals surface area contributed by atoms with Crippen LogP contribution >= 0.6 is 11.3 Å². The van der Waals surface area contributed by atoms with Gasteiger partial charge in [-0.1, -0.05) is 72.8 Å². The van der Waals surface area contributed by atoms with Crippen molar-refractivity contribution in [1.82, 2.24) is 15.0 Å². The third-order valence-electron chi connectivity index (χ3n) is 9.97. The highest BCUT2D eigenvalue weighted by atomic mass is 32.1. The summed E-state index contributed by atoms with van der Waals surface area (Å²) in [7, 11) is 0. The van der Waals surface area contributed by atoms with Crippen LogP contribution in [0.15, 0.2) is 179 Å². The van der Waals surface area contributed by atoms with Crippen molar-refractivity contribution in [2.24, 2.45) is 0 Å². The van der Waals surface area contributed by atoms with Crippen LogP contribution in [-0.2, 0) is 0 Å².